The van der Waals surface area contributed by atoms with Gasteiger partial charge in [0, 0.05) is 5.39 Å². The molecule has 4 rings (SSSR count). The van der Waals surface area contributed by atoms with E-state index in [-0.39, 0.29) is 6.04 Å². The third-order valence-corrected chi connectivity index (χ3v) is 5.26. The Morgan fingerprint density at radius 2 is 1.91 bits per heavy atom. The van der Waals surface area contributed by atoms with Crippen LogP contribution in [0.3, 0.4) is 0 Å². The summed E-state index contributed by atoms with van der Waals surface area (Å²) >= 11 is 1.76. The van der Waals surface area contributed by atoms with Crippen molar-refractivity contribution in [2.24, 2.45) is 0 Å². The van der Waals surface area contributed by atoms with Gasteiger partial charge < -0.3 is 4.42 Å². The van der Waals surface area contributed by atoms with E-state index in [1.165, 1.54) is 4.70 Å². The zero-order valence-electron chi connectivity index (χ0n) is 13.2. The molecule has 4 aromatic rings. The van der Waals surface area contributed by atoms with Crippen LogP contribution in [0.1, 0.15) is 23.7 Å². The molecule has 23 heavy (non-hydrogen) atoms. The Labute approximate surface area is 139 Å². The quantitative estimate of drug-likeness (QED) is 0.515. The fourth-order valence-corrected chi connectivity index (χ4v) is 3.79. The maximum atomic E-state index is 5.99. The first-order valence-electron chi connectivity index (χ1n) is 7.74. The maximum absolute atomic E-state index is 5.99. The molecule has 0 unspecified atom stereocenters. The largest absolute Gasteiger partial charge is 0.459 e. The standard InChI is InChI=1S/C19H18N2OS/c1-13(17-11-14-7-3-5-9-16(14)22-17)21(2)12-19-20-15-8-4-6-10-18(15)23-19/h3-11,13H,12H2,1-2H3/t13-/m0/s1. The highest BCUT2D eigenvalue weighted by Gasteiger charge is 2.17. The minimum Gasteiger partial charge on any atom is -0.459 e. The third-order valence-electron chi connectivity index (χ3n) is 4.24. The van der Waals surface area contributed by atoms with Gasteiger partial charge in [0.2, 0.25) is 0 Å². The van der Waals surface area contributed by atoms with Gasteiger partial charge in [-0.25, -0.2) is 4.98 Å². The van der Waals surface area contributed by atoms with Gasteiger partial charge >= 0.3 is 0 Å². The van der Waals surface area contributed by atoms with Crippen LogP contribution in [0.2, 0.25) is 0 Å². The summed E-state index contributed by atoms with van der Waals surface area (Å²) < 4.78 is 7.23. The SMILES string of the molecule is C[C@@H](c1cc2ccccc2o1)N(C)Cc1nc2ccccc2s1. The molecule has 0 spiro atoms. The Bertz CT molecular complexity index is 890. The van der Waals surface area contributed by atoms with Crippen LogP contribution >= 0.6 is 11.3 Å². The number of nitrogens with zero attached hydrogens (tertiary/aromatic N) is 2. The predicted molar refractivity (Wildman–Crippen MR) is 95.7 cm³/mol. The maximum Gasteiger partial charge on any atom is 0.134 e. The molecule has 3 nitrogen and oxygen atoms in total. The molecule has 0 radical (unpaired) electrons. The number of aromatic nitrogens is 1. The third kappa shape index (κ3) is 2.76. The van der Waals surface area contributed by atoms with Gasteiger partial charge in [0.15, 0.2) is 0 Å². The monoisotopic (exact) mass is 322 g/mol. The fraction of sp³-hybridized carbons (Fsp3) is 0.211. The average Bonchev–Trinajstić information content (AvgIpc) is 3.16. The molecule has 0 saturated heterocycles. The Hall–Kier alpha value is -2.17. The fourth-order valence-electron chi connectivity index (χ4n) is 2.76. The number of fused-ring (bicyclic) bond motifs is 2. The normalized spacial score (nSPS) is 13.2. The first-order valence-corrected chi connectivity index (χ1v) is 8.55. The van der Waals surface area contributed by atoms with Crippen LogP contribution in [0.4, 0.5) is 0 Å². The second-order valence-electron chi connectivity index (χ2n) is 5.85. The Morgan fingerprint density at radius 3 is 2.74 bits per heavy atom. The summed E-state index contributed by atoms with van der Waals surface area (Å²) in [5.41, 5.74) is 2.03. The summed E-state index contributed by atoms with van der Waals surface area (Å²) in [5, 5.41) is 2.29. The lowest BCUT2D eigenvalue weighted by atomic mass is 10.2. The van der Waals surface area contributed by atoms with E-state index >= 15 is 0 Å². The Balaban J connectivity index is 1.56. The van der Waals surface area contributed by atoms with Gasteiger partial charge in [-0.3, -0.25) is 4.90 Å². The lowest BCUT2D eigenvalue weighted by molar-refractivity contribution is 0.226. The summed E-state index contributed by atoms with van der Waals surface area (Å²) in [6.45, 7) is 2.99. The van der Waals surface area contributed by atoms with Crippen molar-refractivity contribution < 1.29 is 4.42 Å². The number of hydrogen-bond acceptors (Lipinski definition) is 4. The van der Waals surface area contributed by atoms with Crippen molar-refractivity contribution in [2.75, 3.05) is 7.05 Å². The molecule has 116 valence electrons. The van der Waals surface area contributed by atoms with E-state index in [0.717, 1.165) is 33.8 Å². The highest BCUT2D eigenvalue weighted by atomic mass is 32.1. The number of rotatable bonds is 4. The molecule has 2 aromatic heterocycles. The molecule has 2 heterocycles. The predicted octanol–water partition coefficient (Wildman–Crippen LogP) is 5.24. The van der Waals surface area contributed by atoms with E-state index in [1.807, 2.05) is 24.3 Å². The van der Waals surface area contributed by atoms with Crippen molar-refractivity contribution in [1.82, 2.24) is 9.88 Å². The van der Waals surface area contributed by atoms with Crippen LogP contribution in [0.5, 0.6) is 0 Å². The minimum absolute atomic E-state index is 0.203. The number of benzene rings is 2. The second-order valence-corrected chi connectivity index (χ2v) is 6.97. The van der Waals surface area contributed by atoms with Gasteiger partial charge in [0.25, 0.3) is 0 Å². The van der Waals surface area contributed by atoms with E-state index in [9.17, 15) is 0 Å². The topological polar surface area (TPSA) is 29.3 Å². The van der Waals surface area contributed by atoms with Crippen molar-refractivity contribution in [3.8, 4) is 0 Å². The van der Waals surface area contributed by atoms with Crippen LogP contribution in [0.15, 0.2) is 59.0 Å². The summed E-state index contributed by atoms with van der Waals surface area (Å²) in [6, 6.07) is 18.8. The van der Waals surface area contributed by atoms with E-state index in [0.29, 0.717) is 0 Å². The molecule has 4 heteroatoms. The average molecular weight is 322 g/mol. The number of hydrogen-bond donors (Lipinski definition) is 0. The first kappa shape index (κ1) is 14.4. The van der Waals surface area contributed by atoms with E-state index < -0.39 is 0 Å². The van der Waals surface area contributed by atoms with Gasteiger partial charge in [-0.2, -0.15) is 0 Å². The Morgan fingerprint density at radius 1 is 1.13 bits per heavy atom. The number of thiazole rings is 1. The van der Waals surface area contributed by atoms with Crippen molar-refractivity contribution in [1.29, 1.82) is 0 Å². The van der Waals surface area contributed by atoms with E-state index in [1.54, 1.807) is 11.3 Å². The van der Waals surface area contributed by atoms with Crippen molar-refractivity contribution in [2.45, 2.75) is 19.5 Å². The van der Waals surface area contributed by atoms with Gasteiger partial charge in [0.05, 0.1) is 22.8 Å². The number of para-hydroxylation sites is 2. The highest BCUT2D eigenvalue weighted by Crippen LogP contribution is 2.29. The highest BCUT2D eigenvalue weighted by molar-refractivity contribution is 7.18. The minimum atomic E-state index is 0.203. The van der Waals surface area contributed by atoms with E-state index in [2.05, 4.69) is 49.2 Å². The summed E-state index contributed by atoms with van der Waals surface area (Å²) in [6.07, 6.45) is 0. The molecule has 0 aliphatic rings. The molecule has 0 saturated carbocycles. The van der Waals surface area contributed by atoms with Gasteiger partial charge in [-0.15, -0.1) is 11.3 Å². The van der Waals surface area contributed by atoms with Crippen molar-refractivity contribution in [3.63, 3.8) is 0 Å². The second kappa shape index (κ2) is 5.80. The van der Waals surface area contributed by atoms with Crippen molar-refractivity contribution in [3.05, 3.63) is 65.4 Å². The molecule has 1 atom stereocenters. The summed E-state index contributed by atoms with van der Waals surface area (Å²) in [4.78, 5) is 6.99. The molecule has 0 N–H and O–H groups in total. The van der Waals surface area contributed by atoms with Crippen LogP contribution in [-0.2, 0) is 6.54 Å². The zero-order chi connectivity index (χ0) is 15.8. The van der Waals surface area contributed by atoms with Crippen molar-refractivity contribution >= 4 is 32.5 Å². The molecule has 0 aliphatic carbocycles. The Kier molecular flexibility index (Phi) is 3.63. The molecule has 0 bridgehead atoms. The summed E-state index contributed by atoms with van der Waals surface area (Å²) in [5.74, 6) is 0.995. The first-order chi connectivity index (χ1) is 11.2. The lowest BCUT2D eigenvalue weighted by Crippen LogP contribution is -2.21. The molecular weight excluding hydrogens is 304 g/mol. The van der Waals surface area contributed by atoms with Gasteiger partial charge in [-0.05, 0) is 38.2 Å². The molecule has 0 amide bonds. The zero-order valence-corrected chi connectivity index (χ0v) is 14.0. The molecule has 0 aliphatic heterocycles. The lowest BCUT2D eigenvalue weighted by Gasteiger charge is -2.21. The summed E-state index contributed by atoms with van der Waals surface area (Å²) in [7, 11) is 2.12. The van der Waals surface area contributed by atoms with Gasteiger partial charge in [0.1, 0.15) is 16.4 Å². The molecular formula is C19H18N2OS. The number of furan rings is 1. The van der Waals surface area contributed by atoms with Crippen LogP contribution in [0, 0.1) is 0 Å². The van der Waals surface area contributed by atoms with Crippen LogP contribution in [0.25, 0.3) is 21.2 Å². The van der Waals surface area contributed by atoms with E-state index in [4.69, 9.17) is 9.40 Å². The van der Waals surface area contributed by atoms with Crippen LogP contribution in [-0.4, -0.2) is 16.9 Å². The van der Waals surface area contributed by atoms with Gasteiger partial charge in [-0.1, -0.05) is 30.3 Å². The molecule has 2 aromatic carbocycles. The smallest absolute Gasteiger partial charge is 0.134 e. The molecule has 0 fully saturated rings. The van der Waals surface area contributed by atoms with Crippen LogP contribution < -0.4 is 0 Å².